The van der Waals surface area contributed by atoms with Crippen LogP contribution in [0.15, 0.2) is 53.4 Å². The van der Waals surface area contributed by atoms with Crippen LogP contribution in [-0.2, 0) is 10.9 Å². The fourth-order valence-corrected chi connectivity index (χ4v) is 7.45. The van der Waals surface area contributed by atoms with Crippen LogP contribution >= 0.6 is 11.8 Å². The smallest absolute Gasteiger partial charge is 0.170 e. The standard InChI is InChI=1S/C18H16OS2/c19-17-13-5-1-3-7-15(13)18(21-11-9-20-10-12-21)16-8-4-2-6-14(16)17/h1-8H,9-12H2/p+1. The van der Waals surface area contributed by atoms with Gasteiger partial charge in [-0.25, -0.2) is 0 Å². The third-order valence-corrected chi connectivity index (χ3v) is 8.00. The van der Waals surface area contributed by atoms with Crippen LogP contribution in [0.3, 0.4) is 0 Å². The molecule has 0 saturated carbocycles. The molecule has 106 valence electrons. The molecular weight excluding hydrogens is 296 g/mol. The first-order valence-electron chi connectivity index (χ1n) is 7.24. The lowest BCUT2D eigenvalue weighted by atomic mass is 10.0. The largest absolute Gasteiger partial charge is 0.507 e. The molecule has 0 spiro atoms. The second kappa shape index (κ2) is 5.47. The second-order valence-corrected chi connectivity index (χ2v) is 8.72. The zero-order valence-electron chi connectivity index (χ0n) is 11.7. The van der Waals surface area contributed by atoms with E-state index in [1.165, 1.54) is 38.7 Å². The SMILES string of the molecule is Oc1c2ccccc2c([S+]2CCSCC2)c2ccccc12. The highest BCUT2D eigenvalue weighted by molar-refractivity contribution is 8.05. The van der Waals surface area contributed by atoms with Gasteiger partial charge in [-0.1, -0.05) is 36.4 Å². The molecule has 0 radical (unpaired) electrons. The summed E-state index contributed by atoms with van der Waals surface area (Å²) in [5, 5.41) is 15.1. The van der Waals surface area contributed by atoms with Gasteiger partial charge in [-0.2, -0.15) is 11.8 Å². The highest BCUT2D eigenvalue weighted by atomic mass is 32.2. The quantitative estimate of drug-likeness (QED) is 0.530. The first kappa shape index (κ1) is 13.4. The van der Waals surface area contributed by atoms with Gasteiger partial charge < -0.3 is 5.11 Å². The Morgan fingerprint density at radius 1 is 0.762 bits per heavy atom. The summed E-state index contributed by atoms with van der Waals surface area (Å²) in [7, 11) is 0.303. The van der Waals surface area contributed by atoms with E-state index in [-0.39, 0.29) is 0 Å². The first-order chi connectivity index (χ1) is 10.4. The molecule has 0 atom stereocenters. The van der Waals surface area contributed by atoms with E-state index in [2.05, 4.69) is 36.0 Å². The van der Waals surface area contributed by atoms with E-state index in [1.54, 1.807) is 0 Å². The van der Waals surface area contributed by atoms with Crippen LogP contribution in [0.4, 0.5) is 0 Å². The summed E-state index contributed by atoms with van der Waals surface area (Å²) in [5.74, 6) is 5.48. The van der Waals surface area contributed by atoms with Crippen LogP contribution in [-0.4, -0.2) is 28.1 Å². The van der Waals surface area contributed by atoms with Crippen molar-refractivity contribution in [2.45, 2.75) is 4.90 Å². The van der Waals surface area contributed by atoms with E-state index in [9.17, 15) is 5.11 Å². The number of aromatic hydroxyl groups is 1. The maximum Gasteiger partial charge on any atom is 0.170 e. The molecule has 1 N–H and O–H groups in total. The zero-order valence-corrected chi connectivity index (χ0v) is 13.3. The molecule has 21 heavy (non-hydrogen) atoms. The number of thioether (sulfide) groups is 1. The number of hydrogen-bond donors (Lipinski definition) is 1. The summed E-state index contributed by atoms with van der Waals surface area (Å²) in [6, 6.07) is 16.6. The summed E-state index contributed by atoms with van der Waals surface area (Å²) < 4.78 is 0. The van der Waals surface area contributed by atoms with Gasteiger partial charge >= 0.3 is 0 Å². The van der Waals surface area contributed by atoms with Gasteiger partial charge in [0.25, 0.3) is 0 Å². The molecule has 1 aliphatic rings. The van der Waals surface area contributed by atoms with Crippen molar-refractivity contribution in [2.75, 3.05) is 23.0 Å². The second-order valence-electron chi connectivity index (χ2n) is 5.28. The van der Waals surface area contributed by atoms with Crippen molar-refractivity contribution in [3.63, 3.8) is 0 Å². The maximum atomic E-state index is 10.6. The minimum absolute atomic E-state index is 0.303. The number of rotatable bonds is 1. The molecule has 4 rings (SSSR count). The van der Waals surface area contributed by atoms with E-state index < -0.39 is 0 Å². The lowest BCUT2D eigenvalue weighted by Gasteiger charge is -2.17. The Bertz CT molecular complexity index is 750. The van der Waals surface area contributed by atoms with Gasteiger partial charge in [0.15, 0.2) is 4.90 Å². The van der Waals surface area contributed by atoms with Crippen molar-refractivity contribution in [2.24, 2.45) is 0 Å². The van der Waals surface area contributed by atoms with Crippen LogP contribution < -0.4 is 0 Å². The minimum Gasteiger partial charge on any atom is -0.507 e. The average Bonchev–Trinajstić information content (AvgIpc) is 2.56. The van der Waals surface area contributed by atoms with Gasteiger partial charge in [0, 0.05) is 43.9 Å². The summed E-state index contributed by atoms with van der Waals surface area (Å²) in [4.78, 5) is 1.47. The van der Waals surface area contributed by atoms with Gasteiger partial charge in [0.2, 0.25) is 0 Å². The van der Waals surface area contributed by atoms with E-state index in [0.717, 1.165) is 10.8 Å². The molecule has 1 aliphatic heterocycles. The Morgan fingerprint density at radius 3 is 1.76 bits per heavy atom. The molecule has 1 saturated heterocycles. The van der Waals surface area contributed by atoms with Crippen molar-refractivity contribution in [3.8, 4) is 5.75 Å². The van der Waals surface area contributed by atoms with E-state index >= 15 is 0 Å². The van der Waals surface area contributed by atoms with Crippen LogP contribution in [0.25, 0.3) is 21.5 Å². The third-order valence-electron chi connectivity index (χ3n) is 4.09. The predicted molar refractivity (Wildman–Crippen MR) is 95.8 cm³/mol. The van der Waals surface area contributed by atoms with Gasteiger partial charge in [0.05, 0.1) is 0 Å². The molecule has 3 aromatic carbocycles. The van der Waals surface area contributed by atoms with Gasteiger partial charge in [-0.05, 0) is 12.1 Å². The Labute approximate surface area is 131 Å². The maximum absolute atomic E-state index is 10.6. The lowest BCUT2D eigenvalue weighted by molar-refractivity contribution is 0.487. The van der Waals surface area contributed by atoms with Crippen molar-refractivity contribution >= 4 is 44.2 Å². The molecule has 3 aromatic rings. The Balaban J connectivity index is 2.11. The molecule has 1 nitrogen and oxygen atoms in total. The first-order valence-corrected chi connectivity index (χ1v) is 9.95. The van der Waals surface area contributed by atoms with E-state index in [0.29, 0.717) is 16.6 Å². The Hall–Kier alpha value is -1.32. The van der Waals surface area contributed by atoms with Crippen molar-refractivity contribution in [3.05, 3.63) is 48.5 Å². The Morgan fingerprint density at radius 2 is 1.24 bits per heavy atom. The lowest BCUT2D eigenvalue weighted by Crippen LogP contribution is -2.21. The number of fused-ring (bicyclic) bond motifs is 2. The van der Waals surface area contributed by atoms with Crippen LogP contribution in [0.1, 0.15) is 0 Å². The average molecular weight is 313 g/mol. The summed E-state index contributed by atoms with van der Waals surface area (Å²) in [6.07, 6.45) is 0. The predicted octanol–water partition coefficient (Wildman–Crippen LogP) is 4.42. The van der Waals surface area contributed by atoms with Crippen LogP contribution in [0, 0.1) is 0 Å². The van der Waals surface area contributed by atoms with Crippen molar-refractivity contribution in [1.82, 2.24) is 0 Å². The topological polar surface area (TPSA) is 20.2 Å². The number of phenols is 1. The Kier molecular flexibility index (Phi) is 3.48. The van der Waals surface area contributed by atoms with Gasteiger partial charge in [0.1, 0.15) is 17.3 Å². The molecule has 1 heterocycles. The van der Waals surface area contributed by atoms with Crippen LogP contribution in [0.2, 0.25) is 0 Å². The minimum atomic E-state index is 0.303. The molecule has 0 aromatic heterocycles. The zero-order chi connectivity index (χ0) is 14.2. The normalized spacial score (nSPS) is 16.6. The molecule has 0 unspecified atom stereocenters. The molecule has 0 aliphatic carbocycles. The summed E-state index contributed by atoms with van der Waals surface area (Å²) >= 11 is 2.06. The highest BCUT2D eigenvalue weighted by Crippen LogP contribution is 2.41. The highest BCUT2D eigenvalue weighted by Gasteiger charge is 2.30. The molecular formula is C18H17OS2+. The van der Waals surface area contributed by atoms with E-state index in [4.69, 9.17) is 0 Å². The number of phenolic OH excluding ortho intramolecular Hbond substituents is 1. The number of benzene rings is 3. The fraction of sp³-hybridized carbons (Fsp3) is 0.222. The molecule has 0 bridgehead atoms. The molecule has 0 amide bonds. The number of hydrogen-bond acceptors (Lipinski definition) is 2. The molecule has 1 fully saturated rings. The van der Waals surface area contributed by atoms with Crippen molar-refractivity contribution < 1.29 is 5.11 Å². The summed E-state index contributed by atoms with van der Waals surface area (Å²) in [5.41, 5.74) is 0. The van der Waals surface area contributed by atoms with E-state index in [1.807, 2.05) is 24.3 Å². The molecule has 3 heteroatoms. The third kappa shape index (κ3) is 2.19. The van der Waals surface area contributed by atoms with Crippen molar-refractivity contribution in [1.29, 1.82) is 0 Å². The fourth-order valence-electron chi connectivity index (χ4n) is 3.10. The summed E-state index contributed by atoms with van der Waals surface area (Å²) in [6.45, 7) is 0. The van der Waals surface area contributed by atoms with Gasteiger partial charge in [-0.3, -0.25) is 0 Å². The van der Waals surface area contributed by atoms with Crippen LogP contribution in [0.5, 0.6) is 5.75 Å². The van der Waals surface area contributed by atoms with Gasteiger partial charge in [-0.15, -0.1) is 0 Å². The monoisotopic (exact) mass is 313 g/mol.